The molecule has 2 aromatic rings. The summed E-state index contributed by atoms with van der Waals surface area (Å²) < 4.78 is 0. The Morgan fingerprint density at radius 2 is 2.21 bits per heavy atom. The number of anilines is 1. The number of nitrogens with zero attached hydrogens (tertiary/aromatic N) is 1. The summed E-state index contributed by atoms with van der Waals surface area (Å²) in [6, 6.07) is 7.43. The van der Waals surface area contributed by atoms with Crippen LogP contribution in [0, 0.1) is 0 Å². The number of phenols is 1. The van der Waals surface area contributed by atoms with Gasteiger partial charge in [-0.25, -0.2) is 0 Å². The Bertz CT molecular complexity index is 642. The Kier molecular flexibility index (Phi) is 3.03. The molecule has 1 aliphatic rings. The van der Waals surface area contributed by atoms with Gasteiger partial charge in [-0.1, -0.05) is 18.2 Å². The van der Waals surface area contributed by atoms with E-state index in [1.54, 1.807) is 6.07 Å². The molecule has 3 nitrogen and oxygen atoms in total. The van der Waals surface area contributed by atoms with Gasteiger partial charge in [-0.2, -0.15) is 0 Å². The summed E-state index contributed by atoms with van der Waals surface area (Å²) in [4.78, 5) is 2.11. The van der Waals surface area contributed by atoms with E-state index >= 15 is 0 Å². The van der Waals surface area contributed by atoms with Crippen LogP contribution in [0.1, 0.15) is 17.0 Å². The number of aliphatic hydroxyl groups excluding tert-OH is 1. The maximum absolute atomic E-state index is 10.2. The van der Waals surface area contributed by atoms with Crippen molar-refractivity contribution < 1.29 is 10.2 Å². The molecule has 0 aromatic heterocycles. The van der Waals surface area contributed by atoms with Crippen LogP contribution in [0.15, 0.2) is 24.3 Å². The van der Waals surface area contributed by atoms with Crippen molar-refractivity contribution in [1.82, 2.24) is 0 Å². The lowest BCUT2D eigenvalue weighted by Crippen LogP contribution is -2.15. The number of halogens is 1. The fourth-order valence-corrected chi connectivity index (χ4v) is 3.30. The number of likely N-dealkylation sites (N-methyl/N-ethyl adjacent to an activating group) is 1. The molecule has 0 amide bonds. The van der Waals surface area contributed by atoms with Crippen LogP contribution in [0.3, 0.4) is 0 Å². The number of aromatic hydroxyl groups is 1. The Morgan fingerprint density at radius 3 is 2.89 bits per heavy atom. The van der Waals surface area contributed by atoms with Crippen LogP contribution in [-0.2, 0) is 6.61 Å². The van der Waals surface area contributed by atoms with Crippen molar-refractivity contribution >= 4 is 28.1 Å². The van der Waals surface area contributed by atoms with Gasteiger partial charge in [-0.3, -0.25) is 0 Å². The summed E-state index contributed by atoms with van der Waals surface area (Å²) >= 11 is 6.08. The molecule has 100 valence electrons. The average molecular weight is 278 g/mol. The topological polar surface area (TPSA) is 43.7 Å². The molecular weight excluding hydrogens is 262 g/mol. The highest BCUT2D eigenvalue weighted by molar-refractivity contribution is 6.18. The SMILES string of the molecule is CN1C[C@@H](CCl)c2c1cc(O)c1cccc(CO)c21. The standard InChI is InChI=1S/C15H16ClNO2/c1-17-7-10(6-16)15-12(17)5-13(19)11-4-2-3-9(8-18)14(11)15/h2-5,10,18-19H,6-8H2,1H3/t10-/m1/s1. The van der Waals surface area contributed by atoms with E-state index in [9.17, 15) is 10.2 Å². The lowest BCUT2D eigenvalue weighted by molar-refractivity contribution is 0.283. The zero-order valence-corrected chi connectivity index (χ0v) is 11.5. The van der Waals surface area contributed by atoms with Crippen LogP contribution >= 0.6 is 11.6 Å². The lowest BCUT2D eigenvalue weighted by atomic mass is 9.92. The minimum Gasteiger partial charge on any atom is -0.507 e. The first-order chi connectivity index (χ1) is 9.17. The monoisotopic (exact) mass is 277 g/mol. The number of hydrogen-bond donors (Lipinski definition) is 2. The van der Waals surface area contributed by atoms with Gasteiger partial charge in [0, 0.05) is 42.5 Å². The minimum absolute atomic E-state index is 0.0358. The molecule has 0 fully saturated rings. The van der Waals surface area contributed by atoms with Gasteiger partial charge in [0.15, 0.2) is 0 Å². The normalized spacial score (nSPS) is 18.1. The summed E-state index contributed by atoms with van der Waals surface area (Å²) in [7, 11) is 2.00. The van der Waals surface area contributed by atoms with E-state index in [4.69, 9.17) is 11.6 Å². The maximum atomic E-state index is 10.2. The van der Waals surface area contributed by atoms with Gasteiger partial charge in [0.05, 0.1) is 6.61 Å². The van der Waals surface area contributed by atoms with E-state index in [0.29, 0.717) is 5.88 Å². The van der Waals surface area contributed by atoms with Crippen LogP contribution in [0.25, 0.3) is 10.8 Å². The van der Waals surface area contributed by atoms with Crippen molar-refractivity contribution in [2.24, 2.45) is 0 Å². The second-order valence-corrected chi connectivity index (χ2v) is 5.37. The van der Waals surface area contributed by atoms with Crippen molar-refractivity contribution in [3.63, 3.8) is 0 Å². The molecule has 0 saturated heterocycles. The largest absolute Gasteiger partial charge is 0.507 e. The molecule has 1 aliphatic heterocycles. The summed E-state index contributed by atoms with van der Waals surface area (Å²) in [5.74, 6) is 1.03. The van der Waals surface area contributed by atoms with Crippen LogP contribution < -0.4 is 4.90 Å². The highest BCUT2D eigenvalue weighted by Crippen LogP contribution is 2.45. The fourth-order valence-electron chi connectivity index (χ4n) is 3.05. The fraction of sp³-hybridized carbons (Fsp3) is 0.333. The molecule has 19 heavy (non-hydrogen) atoms. The number of benzene rings is 2. The number of aliphatic hydroxyl groups is 1. The number of hydrogen-bond acceptors (Lipinski definition) is 3. The van der Waals surface area contributed by atoms with Crippen molar-refractivity contribution in [3.05, 3.63) is 35.4 Å². The second-order valence-electron chi connectivity index (χ2n) is 5.06. The van der Waals surface area contributed by atoms with Gasteiger partial charge in [0.2, 0.25) is 0 Å². The van der Waals surface area contributed by atoms with E-state index in [1.807, 2.05) is 25.2 Å². The van der Waals surface area contributed by atoms with E-state index in [2.05, 4.69) is 4.90 Å². The zero-order valence-electron chi connectivity index (χ0n) is 10.7. The Labute approximate surface area is 117 Å². The molecule has 2 N–H and O–H groups in total. The zero-order chi connectivity index (χ0) is 13.6. The van der Waals surface area contributed by atoms with Gasteiger partial charge in [-0.15, -0.1) is 11.6 Å². The number of phenolic OH excluding ortho intramolecular Hbond substituents is 1. The third-order valence-electron chi connectivity index (χ3n) is 3.92. The van der Waals surface area contributed by atoms with Gasteiger partial charge >= 0.3 is 0 Å². The summed E-state index contributed by atoms with van der Waals surface area (Å²) in [5, 5.41) is 21.5. The average Bonchev–Trinajstić information content (AvgIpc) is 2.75. The van der Waals surface area contributed by atoms with E-state index in [1.165, 1.54) is 0 Å². The highest BCUT2D eigenvalue weighted by Gasteiger charge is 2.29. The maximum Gasteiger partial charge on any atom is 0.125 e. The molecule has 3 rings (SSSR count). The quantitative estimate of drug-likeness (QED) is 0.830. The van der Waals surface area contributed by atoms with Crippen molar-refractivity contribution in [3.8, 4) is 5.75 Å². The van der Waals surface area contributed by atoms with Gasteiger partial charge < -0.3 is 15.1 Å². The first kappa shape index (κ1) is 12.6. The van der Waals surface area contributed by atoms with Crippen LogP contribution in [0.4, 0.5) is 5.69 Å². The molecule has 1 heterocycles. The van der Waals surface area contributed by atoms with Gasteiger partial charge in [-0.05, 0) is 16.5 Å². The number of alkyl halides is 1. The number of fused-ring (bicyclic) bond motifs is 3. The summed E-state index contributed by atoms with van der Waals surface area (Å²) in [5.41, 5.74) is 3.00. The Balaban J connectivity index is 2.43. The minimum atomic E-state index is -0.0358. The van der Waals surface area contributed by atoms with E-state index in [0.717, 1.165) is 34.1 Å². The molecule has 4 heteroatoms. The molecular formula is C15H16ClNO2. The van der Waals surface area contributed by atoms with Crippen molar-refractivity contribution in [1.29, 1.82) is 0 Å². The van der Waals surface area contributed by atoms with E-state index in [-0.39, 0.29) is 18.3 Å². The lowest BCUT2D eigenvalue weighted by Gasteiger charge is -2.15. The Hall–Kier alpha value is -1.45. The Morgan fingerprint density at radius 1 is 1.42 bits per heavy atom. The predicted molar refractivity (Wildman–Crippen MR) is 78.3 cm³/mol. The molecule has 1 atom stereocenters. The van der Waals surface area contributed by atoms with Crippen LogP contribution in [-0.4, -0.2) is 29.7 Å². The highest BCUT2D eigenvalue weighted by atomic mass is 35.5. The van der Waals surface area contributed by atoms with E-state index < -0.39 is 0 Å². The molecule has 0 bridgehead atoms. The van der Waals surface area contributed by atoms with Crippen LogP contribution in [0.2, 0.25) is 0 Å². The molecule has 0 saturated carbocycles. The summed E-state index contributed by atoms with van der Waals surface area (Å²) in [6.45, 7) is 0.809. The molecule has 2 aromatic carbocycles. The summed E-state index contributed by atoms with van der Waals surface area (Å²) in [6.07, 6.45) is 0. The predicted octanol–water partition coefficient (Wildman–Crippen LogP) is 2.81. The smallest absolute Gasteiger partial charge is 0.125 e. The molecule has 0 radical (unpaired) electrons. The number of rotatable bonds is 2. The van der Waals surface area contributed by atoms with Crippen LogP contribution in [0.5, 0.6) is 5.75 Å². The third-order valence-corrected chi connectivity index (χ3v) is 4.29. The molecule has 0 aliphatic carbocycles. The third kappa shape index (κ3) is 1.77. The second kappa shape index (κ2) is 4.58. The molecule has 0 unspecified atom stereocenters. The first-order valence-corrected chi connectivity index (χ1v) is 6.86. The van der Waals surface area contributed by atoms with Gasteiger partial charge in [0.25, 0.3) is 0 Å². The van der Waals surface area contributed by atoms with Crippen molar-refractivity contribution in [2.45, 2.75) is 12.5 Å². The first-order valence-electron chi connectivity index (χ1n) is 6.32. The van der Waals surface area contributed by atoms with Gasteiger partial charge in [0.1, 0.15) is 5.75 Å². The molecule has 0 spiro atoms. The van der Waals surface area contributed by atoms with Crippen molar-refractivity contribution in [2.75, 3.05) is 24.4 Å².